The van der Waals surface area contributed by atoms with Crippen LogP contribution in [-0.2, 0) is 6.54 Å². The van der Waals surface area contributed by atoms with E-state index in [4.69, 9.17) is 0 Å². The van der Waals surface area contributed by atoms with Gasteiger partial charge in [0.1, 0.15) is 6.29 Å². The Hall–Kier alpha value is -1.94. The summed E-state index contributed by atoms with van der Waals surface area (Å²) in [6.07, 6.45) is 2.90. The smallest absolute Gasteiger partial charge is 0.150 e. The number of hydrogen-bond donors (Lipinski definition) is 0. The summed E-state index contributed by atoms with van der Waals surface area (Å²) in [5.74, 6) is 0. The third-order valence-electron chi connectivity index (χ3n) is 2.75. The first-order valence-electron chi connectivity index (χ1n) is 5.28. The Morgan fingerprint density at radius 3 is 3.06 bits per heavy atom. The van der Waals surface area contributed by atoms with Gasteiger partial charge in [0.25, 0.3) is 0 Å². The van der Waals surface area contributed by atoms with Crippen LogP contribution in [0.15, 0.2) is 41.4 Å². The molecule has 0 fully saturated rings. The zero-order chi connectivity index (χ0) is 11.7. The summed E-state index contributed by atoms with van der Waals surface area (Å²) < 4.78 is 2.11. The summed E-state index contributed by atoms with van der Waals surface area (Å²) in [6, 6.07) is 7.77. The minimum atomic E-state index is 0.704. The molecule has 2 heterocycles. The standard InChI is InChI=1S/C13H10N2OS/c16-7-10-1-2-11-3-4-15(13(11)5-10)6-12-8-17-9-14-12/h1-5,7-9H,6H2. The molecule has 0 radical (unpaired) electrons. The van der Waals surface area contributed by atoms with Crippen molar-refractivity contribution in [2.75, 3.05) is 0 Å². The molecular formula is C13H10N2OS. The number of hydrogen-bond acceptors (Lipinski definition) is 3. The van der Waals surface area contributed by atoms with Crippen LogP contribution in [0.3, 0.4) is 0 Å². The molecule has 0 bridgehead atoms. The van der Waals surface area contributed by atoms with Crippen molar-refractivity contribution in [3.63, 3.8) is 0 Å². The van der Waals surface area contributed by atoms with Crippen molar-refractivity contribution < 1.29 is 4.79 Å². The number of fused-ring (bicyclic) bond motifs is 1. The summed E-state index contributed by atoms with van der Waals surface area (Å²) in [6.45, 7) is 0.745. The lowest BCUT2D eigenvalue weighted by Crippen LogP contribution is -1.98. The van der Waals surface area contributed by atoms with Crippen LogP contribution in [-0.4, -0.2) is 15.8 Å². The highest BCUT2D eigenvalue weighted by molar-refractivity contribution is 7.07. The van der Waals surface area contributed by atoms with Crippen LogP contribution in [0, 0.1) is 0 Å². The van der Waals surface area contributed by atoms with Gasteiger partial charge in [0.15, 0.2) is 0 Å². The number of aromatic nitrogens is 2. The van der Waals surface area contributed by atoms with Gasteiger partial charge in [-0.3, -0.25) is 4.79 Å². The van der Waals surface area contributed by atoms with E-state index in [1.165, 1.54) is 0 Å². The van der Waals surface area contributed by atoms with Crippen LogP contribution in [0.1, 0.15) is 16.1 Å². The molecule has 3 nitrogen and oxygen atoms in total. The van der Waals surface area contributed by atoms with Crippen molar-refractivity contribution in [2.45, 2.75) is 6.54 Å². The number of rotatable bonds is 3. The minimum Gasteiger partial charge on any atom is -0.341 e. The molecule has 0 aliphatic carbocycles. The van der Waals surface area contributed by atoms with Crippen molar-refractivity contribution in [3.05, 3.63) is 52.6 Å². The molecule has 0 saturated carbocycles. The highest BCUT2D eigenvalue weighted by Gasteiger charge is 2.03. The molecule has 3 aromatic rings. The highest BCUT2D eigenvalue weighted by Crippen LogP contribution is 2.18. The second kappa shape index (κ2) is 4.14. The zero-order valence-corrected chi connectivity index (χ0v) is 9.85. The van der Waals surface area contributed by atoms with Crippen molar-refractivity contribution in [3.8, 4) is 0 Å². The van der Waals surface area contributed by atoms with E-state index in [0.29, 0.717) is 5.56 Å². The zero-order valence-electron chi connectivity index (χ0n) is 9.04. The Kier molecular flexibility index (Phi) is 2.49. The molecule has 0 N–H and O–H groups in total. The van der Waals surface area contributed by atoms with Crippen LogP contribution in [0.25, 0.3) is 10.9 Å². The van der Waals surface area contributed by atoms with Gasteiger partial charge in [-0.1, -0.05) is 12.1 Å². The fourth-order valence-electron chi connectivity index (χ4n) is 1.90. The van der Waals surface area contributed by atoms with Crippen molar-refractivity contribution in [2.24, 2.45) is 0 Å². The van der Waals surface area contributed by atoms with E-state index in [1.54, 1.807) is 11.3 Å². The SMILES string of the molecule is O=Cc1ccc2ccn(Cc3cscn3)c2c1. The topological polar surface area (TPSA) is 34.9 Å². The predicted octanol–water partition coefficient (Wildman–Crippen LogP) is 2.96. The van der Waals surface area contributed by atoms with Gasteiger partial charge in [0.2, 0.25) is 0 Å². The number of nitrogens with zero attached hydrogens (tertiary/aromatic N) is 2. The molecule has 3 rings (SSSR count). The van der Waals surface area contributed by atoms with Crippen molar-refractivity contribution in [1.29, 1.82) is 0 Å². The molecule has 0 aliphatic heterocycles. The lowest BCUT2D eigenvalue weighted by atomic mass is 10.2. The highest BCUT2D eigenvalue weighted by atomic mass is 32.1. The summed E-state index contributed by atoms with van der Waals surface area (Å²) in [7, 11) is 0. The molecule has 17 heavy (non-hydrogen) atoms. The molecule has 0 unspecified atom stereocenters. The molecule has 0 amide bonds. The van der Waals surface area contributed by atoms with E-state index < -0.39 is 0 Å². The number of thiazole rings is 1. The summed E-state index contributed by atoms with van der Waals surface area (Å²) in [5, 5.41) is 3.18. The molecular weight excluding hydrogens is 232 g/mol. The van der Waals surface area contributed by atoms with Gasteiger partial charge in [-0.15, -0.1) is 11.3 Å². The van der Waals surface area contributed by atoms with Crippen molar-refractivity contribution in [1.82, 2.24) is 9.55 Å². The number of aldehydes is 1. The van der Waals surface area contributed by atoms with Gasteiger partial charge in [0, 0.05) is 22.7 Å². The summed E-state index contributed by atoms with van der Waals surface area (Å²) in [4.78, 5) is 15.0. The second-order valence-corrected chi connectivity index (χ2v) is 4.58. The fraction of sp³-hybridized carbons (Fsp3) is 0.0769. The van der Waals surface area contributed by atoms with Crippen LogP contribution >= 0.6 is 11.3 Å². The maximum Gasteiger partial charge on any atom is 0.150 e. The normalized spacial score (nSPS) is 10.8. The fourth-order valence-corrected chi connectivity index (χ4v) is 2.45. The maximum atomic E-state index is 10.8. The molecule has 0 atom stereocenters. The molecule has 84 valence electrons. The monoisotopic (exact) mass is 242 g/mol. The Balaban J connectivity index is 2.07. The first-order valence-corrected chi connectivity index (χ1v) is 6.22. The van der Waals surface area contributed by atoms with E-state index in [2.05, 4.69) is 15.6 Å². The van der Waals surface area contributed by atoms with Crippen LogP contribution < -0.4 is 0 Å². The molecule has 0 aliphatic rings. The molecule has 0 saturated heterocycles. The summed E-state index contributed by atoms with van der Waals surface area (Å²) >= 11 is 1.59. The lowest BCUT2D eigenvalue weighted by molar-refractivity contribution is 0.112. The summed E-state index contributed by atoms with van der Waals surface area (Å²) in [5.41, 5.74) is 4.65. The quantitative estimate of drug-likeness (QED) is 0.662. The van der Waals surface area contributed by atoms with Crippen LogP contribution in [0.2, 0.25) is 0 Å². The Morgan fingerprint density at radius 1 is 1.35 bits per heavy atom. The third kappa shape index (κ3) is 1.87. The first-order chi connectivity index (χ1) is 8.36. The first kappa shape index (κ1) is 10.2. The Labute approximate surface area is 102 Å². The van der Waals surface area contributed by atoms with E-state index in [0.717, 1.165) is 29.4 Å². The number of carbonyl (C=O) groups excluding carboxylic acids is 1. The predicted molar refractivity (Wildman–Crippen MR) is 68.5 cm³/mol. The van der Waals surface area contributed by atoms with Crippen molar-refractivity contribution >= 4 is 28.5 Å². The van der Waals surface area contributed by atoms with E-state index >= 15 is 0 Å². The minimum absolute atomic E-state index is 0.704. The Bertz CT molecular complexity index is 655. The third-order valence-corrected chi connectivity index (χ3v) is 3.39. The average Bonchev–Trinajstić information content (AvgIpc) is 2.99. The average molecular weight is 242 g/mol. The maximum absolute atomic E-state index is 10.8. The second-order valence-electron chi connectivity index (χ2n) is 3.86. The molecule has 1 aromatic carbocycles. The molecule has 0 spiro atoms. The van der Waals surface area contributed by atoms with Gasteiger partial charge in [-0.05, 0) is 17.5 Å². The number of benzene rings is 1. The largest absolute Gasteiger partial charge is 0.341 e. The van der Waals surface area contributed by atoms with Gasteiger partial charge in [0.05, 0.1) is 17.7 Å². The van der Waals surface area contributed by atoms with Gasteiger partial charge >= 0.3 is 0 Å². The Morgan fingerprint density at radius 2 is 2.29 bits per heavy atom. The van der Waals surface area contributed by atoms with Crippen LogP contribution in [0.4, 0.5) is 0 Å². The number of carbonyl (C=O) groups is 1. The van der Waals surface area contributed by atoms with E-state index in [9.17, 15) is 4.79 Å². The van der Waals surface area contributed by atoms with Gasteiger partial charge in [-0.2, -0.15) is 0 Å². The molecule has 4 heteroatoms. The van der Waals surface area contributed by atoms with Crippen LogP contribution in [0.5, 0.6) is 0 Å². The van der Waals surface area contributed by atoms with Gasteiger partial charge < -0.3 is 4.57 Å². The lowest BCUT2D eigenvalue weighted by Gasteiger charge is -2.03. The molecule has 2 aromatic heterocycles. The van der Waals surface area contributed by atoms with E-state index in [-0.39, 0.29) is 0 Å². The van der Waals surface area contributed by atoms with E-state index in [1.807, 2.05) is 35.3 Å². The van der Waals surface area contributed by atoms with Gasteiger partial charge in [-0.25, -0.2) is 4.98 Å².